The smallest absolute Gasteiger partial charge is 0.0549 e. The topological polar surface area (TPSA) is 3.24 Å². The predicted molar refractivity (Wildman–Crippen MR) is 238 cm³/mol. The average Bonchev–Trinajstić information content (AvgIpc) is 3.72. The quantitative estimate of drug-likeness (QED) is 0.171. The summed E-state index contributed by atoms with van der Waals surface area (Å²) >= 11 is 1.90. The summed E-state index contributed by atoms with van der Waals surface area (Å²) in [5, 5.41) is 7.93. The fraction of sp³-hybridized carbons (Fsp3) is 0.170. The van der Waals surface area contributed by atoms with Crippen LogP contribution in [-0.2, 0) is 5.41 Å². The highest BCUT2D eigenvalue weighted by atomic mass is 32.1. The first kappa shape index (κ1) is 32.7. The number of benzene rings is 8. The van der Waals surface area contributed by atoms with Crippen molar-refractivity contribution in [2.24, 2.45) is 0 Å². The van der Waals surface area contributed by atoms with Crippen LogP contribution in [0, 0.1) is 0 Å². The van der Waals surface area contributed by atoms with Gasteiger partial charge in [-0.05, 0) is 110 Å². The first-order valence-electron chi connectivity index (χ1n) is 20.0. The van der Waals surface area contributed by atoms with Gasteiger partial charge in [0.2, 0.25) is 0 Å². The molecule has 1 saturated carbocycles. The van der Waals surface area contributed by atoms with Crippen LogP contribution in [0.3, 0.4) is 0 Å². The third-order valence-corrected chi connectivity index (χ3v) is 14.0. The minimum atomic E-state index is -0.0590. The average molecular weight is 726 g/mol. The lowest BCUT2D eigenvalue weighted by Crippen LogP contribution is -2.16. The Bertz CT molecular complexity index is 2950. The van der Waals surface area contributed by atoms with Gasteiger partial charge < -0.3 is 4.90 Å². The largest absolute Gasteiger partial charge is 0.310 e. The van der Waals surface area contributed by atoms with Crippen molar-refractivity contribution in [3.63, 3.8) is 0 Å². The molecule has 0 N–H and O–H groups in total. The Morgan fingerprint density at radius 2 is 1.13 bits per heavy atom. The van der Waals surface area contributed by atoms with Crippen molar-refractivity contribution in [1.82, 2.24) is 0 Å². The third kappa shape index (κ3) is 5.11. The van der Waals surface area contributed by atoms with Crippen molar-refractivity contribution in [1.29, 1.82) is 0 Å². The first-order valence-corrected chi connectivity index (χ1v) is 20.9. The molecule has 1 heterocycles. The van der Waals surface area contributed by atoms with Crippen LogP contribution in [0.2, 0.25) is 0 Å². The van der Waals surface area contributed by atoms with Crippen molar-refractivity contribution in [2.75, 3.05) is 4.90 Å². The molecule has 1 aromatic heterocycles. The summed E-state index contributed by atoms with van der Waals surface area (Å²) in [7, 11) is 0. The molecule has 11 rings (SSSR count). The molecule has 266 valence electrons. The van der Waals surface area contributed by atoms with Crippen molar-refractivity contribution >= 4 is 70.1 Å². The van der Waals surface area contributed by atoms with Gasteiger partial charge in [-0.2, -0.15) is 0 Å². The Morgan fingerprint density at radius 3 is 2.00 bits per heavy atom. The molecule has 1 nitrogen and oxygen atoms in total. The highest BCUT2D eigenvalue weighted by molar-refractivity contribution is 7.25. The fourth-order valence-electron chi connectivity index (χ4n) is 10.2. The molecule has 2 heteroatoms. The lowest BCUT2D eigenvalue weighted by molar-refractivity contribution is 0.445. The molecule has 2 aliphatic carbocycles. The van der Waals surface area contributed by atoms with Gasteiger partial charge in [0.15, 0.2) is 0 Å². The van der Waals surface area contributed by atoms with Gasteiger partial charge in [-0.25, -0.2) is 0 Å². The van der Waals surface area contributed by atoms with Gasteiger partial charge in [0.1, 0.15) is 0 Å². The van der Waals surface area contributed by atoms with Gasteiger partial charge in [0.05, 0.1) is 5.69 Å². The van der Waals surface area contributed by atoms with Crippen LogP contribution in [0.15, 0.2) is 158 Å². The van der Waals surface area contributed by atoms with E-state index in [1.165, 1.54) is 130 Å². The molecule has 0 amide bonds. The van der Waals surface area contributed by atoms with Crippen LogP contribution in [0.4, 0.5) is 17.1 Å². The zero-order chi connectivity index (χ0) is 36.7. The van der Waals surface area contributed by atoms with E-state index in [0.717, 1.165) is 0 Å². The molecule has 0 unspecified atom stereocenters. The van der Waals surface area contributed by atoms with Gasteiger partial charge in [0.25, 0.3) is 0 Å². The first-order chi connectivity index (χ1) is 27.0. The molecule has 0 spiro atoms. The summed E-state index contributed by atoms with van der Waals surface area (Å²) in [6.45, 7) is 4.76. The molecule has 0 bridgehead atoms. The van der Waals surface area contributed by atoms with Crippen molar-refractivity contribution in [2.45, 2.75) is 57.3 Å². The van der Waals surface area contributed by atoms with E-state index < -0.39 is 0 Å². The van der Waals surface area contributed by atoms with Gasteiger partial charge in [-0.1, -0.05) is 154 Å². The standard InChI is InChI=1S/C53H43NS/c1-53(2)47-25-12-10-21-40(47)46-31-36(28-30-48(46)53)54(37-27-29-42-41-22-11-13-26-50(41)55-51(42)32-37)49-33-45(35-15-4-3-5-16-35)39-20-8-9-23-44(39)52(49)43-24-14-18-34-17-6-7-19-38(34)43/h6-14,17-33,35H,3-5,15-16H2,1-2H3. The number of rotatable bonds is 5. The highest BCUT2D eigenvalue weighted by Crippen LogP contribution is 2.54. The van der Waals surface area contributed by atoms with Crippen LogP contribution >= 0.6 is 11.3 Å². The number of fused-ring (bicyclic) bond motifs is 8. The summed E-state index contributed by atoms with van der Waals surface area (Å²) < 4.78 is 2.65. The van der Waals surface area contributed by atoms with E-state index in [4.69, 9.17) is 0 Å². The van der Waals surface area contributed by atoms with E-state index in [-0.39, 0.29) is 5.41 Å². The van der Waals surface area contributed by atoms with E-state index >= 15 is 0 Å². The van der Waals surface area contributed by atoms with E-state index in [0.29, 0.717) is 5.92 Å². The Labute approximate surface area is 327 Å². The molecule has 0 atom stereocenters. The van der Waals surface area contributed by atoms with Crippen LogP contribution < -0.4 is 4.90 Å². The molecule has 0 aliphatic heterocycles. The van der Waals surface area contributed by atoms with Gasteiger partial charge in [-0.3, -0.25) is 0 Å². The minimum Gasteiger partial charge on any atom is -0.310 e. The second kappa shape index (κ2) is 12.7. The lowest BCUT2D eigenvalue weighted by Gasteiger charge is -2.32. The maximum absolute atomic E-state index is 2.61. The fourth-order valence-corrected chi connectivity index (χ4v) is 11.3. The van der Waals surface area contributed by atoms with Gasteiger partial charge in [-0.15, -0.1) is 11.3 Å². The third-order valence-electron chi connectivity index (χ3n) is 12.8. The van der Waals surface area contributed by atoms with E-state index in [1.54, 1.807) is 0 Å². The van der Waals surface area contributed by atoms with Gasteiger partial charge in [0, 0.05) is 42.5 Å². The van der Waals surface area contributed by atoms with E-state index in [1.807, 2.05) is 11.3 Å². The van der Waals surface area contributed by atoms with Crippen LogP contribution in [-0.4, -0.2) is 0 Å². The zero-order valence-corrected chi connectivity index (χ0v) is 32.3. The summed E-state index contributed by atoms with van der Waals surface area (Å²) in [5.41, 5.74) is 13.1. The number of anilines is 3. The highest BCUT2D eigenvalue weighted by Gasteiger charge is 2.36. The maximum Gasteiger partial charge on any atom is 0.0549 e. The van der Waals surface area contributed by atoms with Crippen molar-refractivity contribution in [3.8, 4) is 22.3 Å². The normalized spacial score (nSPS) is 15.2. The molecule has 55 heavy (non-hydrogen) atoms. The number of hydrogen-bond donors (Lipinski definition) is 0. The van der Waals surface area contributed by atoms with Crippen LogP contribution in [0.5, 0.6) is 0 Å². The molecule has 8 aromatic carbocycles. The number of thiophene rings is 1. The number of hydrogen-bond acceptors (Lipinski definition) is 2. The summed E-state index contributed by atoms with van der Waals surface area (Å²) in [5.74, 6) is 0.540. The molecular formula is C53H43NS. The predicted octanol–water partition coefficient (Wildman–Crippen LogP) is 15.9. The van der Waals surface area contributed by atoms with Crippen molar-refractivity contribution in [3.05, 3.63) is 174 Å². The second-order valence-electron chi connectivity index (χ2n) is 16.3. The summed E-state index contributed by atoms with van der Waals surface area (Å²) in [6, 6.07) is 60.0. The van der Waals surface area contributed by atoms with Crippen LogP contribution in [0.1, 0.15) is 68.6 Å². The molecule has 2 aliphatic rings. The van der Waals surface area contributed by atoms with Crippen molar-refractivity contribution < 1.29 is 0 Å². The SMILES string of the molecule is CC1(C)c2ccccc2-c2cc(N(c3ccc4c(c3)sc3ccccc34)c3cc(C4CCCCC4)c4ccccc4c3-c3cccc4ccccc34)ccc21. The summed E-state index contributed by atoms with van der Waals surface area (Å²) in [6.07, 6.45) is 6.42. The molecule has 0 saturated heterocycles. The van der Waals surface area contributed by atoms with E-state index in [9.17, 15) is 0 Å². The second-order valence-corrected chi connectivity index (χ2v) is 17.4. The van der Waals surface area contributed by atoms with Crippen LogP contribution in [0.25, 0.3) is 64.0 Å². The molecule has 1 fully saturated rings. The Kier molecular flexibility index (Phi) is 7.54. The summed E-state index contributed by atoms with van der Waals surface area (Å²) in [4.78, 5) is 2.61. The zero-order valence-electron chi connectivity index (χ0n) is 31.5. The Hall–Kier alpha value is -5.70. The monoisotopic (exact) mass is 725 g/mol. The maximum atomic E-state index is 2.61. The number of nitrogens with zero attached hydrogens (tertiary/aromatic N) is 1. The lowest BCUT2D eigenvalue weighted by atomic mass is 9.80. The Morgan fingerprint density at radius 1 is 0.491 bits per heavy atom. The molecular weight excluding hydrogens is 683 g/mol. The minimum absolute atomic E-state index is 0.0590. The Balaban J connectivity index is 1.26. The van der Waals surface area contributed by atoms with Gasteiger partial charge >= 0.3 is 0 Å². The molecule has 0 radical (unpaired) electrons. The molecule has 9 aromatic rings. The van der Waals surface area contributed by atoms with E-state index in [2.05, 4.69) is 176 Å².